The van der Waals surface area contributed by atoms with E-state index in [1.807, 2.05) is 13.2 Å². The molecular weight excluding hydrogens is 190 g/mol. The smallest absolute Gasteiger partial charge is 0.142 e. The molecule has 4 nitrogen and oxygen atoms in total. The second-order valence-electron chi connectivity index (χ2n) is 4.64. The SMILES string of the molecule is CC1CCC(C(=O)Cc2cn(C)nn2)C1. The Hall–Kier alpha value is -1.19. The van der Waals surface area contributed by atoms with Gasteiger partial charge in [0.25, 0.3) is 0 Å². The van der Waals surface area contributed by atoms with Gasteiger partial charge < -0.3 is 0 Å². The average molecular weight is 207 g/mol. The summed E-state index contributed by atoms with van der Waals surface area (Å²) >= 11 is 0. The maximum absolute atomic E-state index is 11.9. The number of hydrogen-bond acceptors (Lipinski definition) is 3. The van der Waals surface area contributed by atoms with Crippen molar-refractivity contribution in [3.8, 4) is 0 Å². The standard InChI is InChI=1S/C11H17N3O/c1-8-3-4-9(5-8)11(15)6-10-7-14(2)13-12-10/h7-9H,3-6H2,1-2H3. The van der Waals surface area contributed by atoms with E-state index in [2.05, 4.69) is 17.2 Å². The number of Topliss-reactive ketones (excluding diaryl/α,β-unsaturated/α-hetero) is 1. The van der Waals surface area contributed by atoms with E-state index in [0.717, 1.165) is 18.5 Å². The molecule has 0 radical (unpaired) electrons. The lowest BCUT2D eigenvalue weighted by Gasteiger charge is -2.06. The van der Waals surface area contributed by atoms with Crippen LogP contribution in [-0.2, 0) is 18.3 Å². The second kappa shape index (κ2) is 4.13. The first kappa shape index (κ1) is 10.3. The molecular formula is C11H17N3O. The first-order valence-corrected chi connectivity index (χ1v) is 5.53. The Morgan fingerprint density at radius 2 is 2.40 bits per heavy atom. The number of rotatable bonds is 3. The lowest BCUT2D eigenvalue weighted by molar-refractivity contribution is -0.122. The molecule has 1 aromatic heterocycles. The molecule has 0 spiro atoms. The second-order valence-corrected chi connectivity index (χ2v) is 4.64. The Morgan fingerprint density at radius 1 is 1.60 bits per heavy atom. The van der Waals surface area contributed by atoms with Crippen LogP contribution < -0.4 is 0 Å². The van der Waals surface area contributed by atoms with E-state index in [1.54, 1.807) is 4.68 Å². The zero-order valence-corrected chi connectivity index (χ0v) is 9.31. The zero-order chi connectivity index (χ0) is 10.8. The highest BCUT2D eigenvalue weighted by atomic mass is 16.1. The first-order valence-electron chi connectivity index (χ1n) is 5.53. The van der Waals surface area contributed by atoms with Crippen molar-refractivity contribution < 1.29 is 4.79 Å². The molecule has 82 valence electrons. The van der Waals surface area contributed by atoms with Crippen LogP contribution in [0.3, 0.4) is 0 Å². The van der Waals surface area contributed by atoms with Crippen LogP contribution in [0.5, 0.6) is 0 Å². The van der Waals surface area contributed by atoms with E-state index in [-0.39, 0.29) is 5.92 Å². The molecule has 1 aliphatic carbocycles. The highest BCUT2D eigenvalue weighted by molar-refractivity contribution is 5.83. The number of nitrogens with zero attached hydrogens (tertiary/aromatic N) is 3. The summed E-state index contributed by atoms with van der Waals surface area (Å²) in [7, 11) is 1.82. The van der Waals surface area contributed by atoms with Crippen LogP contribution in [-0.4, -0.2) is 20.8 Å². The lowest BCUT2D eigenvalue weighted by Crippen LogP contribution is -2.14. The molecule has 0 amide bonds. The molecule has 0 N–H and O–H groups in total. The fourth-order valence-corrected chi connectivity index (χ4v) is 2.30. The predicted molar refractivity (Wildman–Crippen MR) is 56.2 cm³/mol. The number of aromatic nitrogens is 3. The van der Waals surface area contributed by atoms with Gasteiger partial charge in [-0.2, -0.15) is 0 Å². The first-order chi connectivity index (χ1) is 7.15. The topological polar surface area (TPSA) is 47.8 Å². The minimum atomic E-state index is 0.266. The fourth-order valence-electron chi connectivity index (χ4n) is 2.30. The molecule has 1 saturated carbocycles. The highest BCUT2D eigenvalue weighted by Crippen LogP contribution is 2.31. The van der Waals surface area contributed by atoms with E-state index < -0.39 is 0 Å². The Bertz CT molecular complexity index is 358. The van der Waals surface area contributed by atoms with Crippen molar-refractivity contribution in [2.24, 2.45) is 18.9 Å². The number of ketones is 1. The number of hydrogen-bond donors (Lipinski definition) is 0. The molecule has 1 aliphatic rings. The Morgan fingerprint density at radius 3 is 2.93 bits per heavy atom. The van der Waals surface area contributed by atoms with Gasteiger partial charge in [0.1, 0.15) is 5.78 Å². The molecule has 1 heterocycles. The van der Waals surface area contributed by atoms with E-state index in [1.165, 1.54) is 6.42 Å². The molecule has 2 rings (SSSR count). The minimum absolute atomic E-state index is 0.266. The van der Waals surface area contributed by atoms with E-state index in [0.29, 0.717) is 18.1 Å². The van der Waals surface area contributed by atoms with Crippen LogP contribution in [0.2, 0.25) is 0 Å². The summed E-state index contributed by atoms with van der Waals surface area (Å²) in [6.45, 7) is 2.22. The third-order valence-corrected chi connectivity index (χ3v) is 3.16. The van der Waals surface area contributed by atoms with Crippen molar-refractivity contribution in [2.75, 3.05) is 0 Å². The Balaban J connectivity index is 1.92. The molecule has 0 bridgehead atoms. The van der Waals surface area contributed by atoms with Gasteiger partial charge in [0.2, 0.25) is 0 Å². The van der Waals surface area contributed by atoms with Crippen LogP contribution in [0, 0.1) is 11.8 Å². The zero-order valence-electron chi connectivity index (χ0n) is 9.31. The molecule has 0 aliphatic heterocycles. The van der Waals surface area contributed by atoms with Crippen molar-refractivity contribution in [3.63, 3.8) is 0 Å². The van der Waals surface area contributed by atoms with Crippen LogP contribution in [0.4, 0.5) is 0 Å². The van der Waals surface area contributed by atoms with Crippen LogP contribution >= 0.6 is 0 Å². The summed E-state index contributed by atoms with van der Waals surface area (Å²) in [4.78, 5) is 11.9. The fraction of sp³-hybridized carbons (Fsp3) is 0.727. The molecule has 2 unspecified atom stereocenters. The quantitative estimate of drug-likeness (QED) is 0.752. The molecule has 1 fully saturated rings. The van der Waals surface area contributed by atoms with Crippen LogP contribution in [0.25, 0.3) is 0 Å². The summed E-state index contributed by atoms with van der Waals surface area (Å²) in [6, 6.07) is 0. The summed E-state index contributed by atoms with van der Waals surface area (Å²) < 4.78 is 1.64. The van der Waals surface area contributed by atoms with Gasteiger partial charge in [-0.25, -0.2) is 0 Å². The van der Waals surface area contributed by atoms with Gasteiger partial charge in [-0.3, -0.25) is 9.48 Å². The maximum atomic E-state index is 11.9. The Labute approximate surface area is 89.7 Å². The van der Waals surface area contributed by atoms with Crippen molar-refractivity contribution >= 4 is 5.78 Å². The number of carbonyl (C=O) groups excluding carboxylic acids is 1. The highest BCUT2D eigenvalue weighted by Gasteiger charge is 2.27. The summed E-state index contributed by atoms with van der Waals surface area (Å²) in [5.74, 6) is 1.31. The summed E-state index contributed by atoms with van der Waals surface area (Å²) in [6.07, 6.45) is 5.57. The summed E-state index contributed by atoms with van der Waals surface area (Å²) in [5, 5.41) is 7.76. The van der Waals surface area contributed by atoms with E-state index in [4.69, 9.17) is 0 Å². The van der Waals surface area contributed by atoms with E-state index in [9.17, 15) is 4.79 Å². The monoisotopic (exact) mass is 207 g/mol. The third-order valence-electron chi connectivity index (χ3n) is 3.16. The molecule has 4 heteroatoms. The van der Waals surface area contributed by atoms with Gasteiger partial charge in [0, 0.05) is 19.2 Å². The largest absolute Gasteiger partial charge is 0.299 e. The van der Waals surface area contributed by atoms with Gasteiger partial charge in [-0.15, -0.1) is 5.10 Å². The number of aryl methyl sites for hydroxylation is 1. The van der Waals surface area contributed by atoms with Crippen LogP contribution in [0.1, 0.15) is 31.9 Å². The normalized spacial score (nSPS) is 25.7. The maximum Gasteiger partial charge on any atom is 0.142 e. The van der Waals surface area contributed by atoms with Gasteiger partial charge in [-0.05, 0) is 25.2 Å². The van der Waals surface area contributed by atoms with Gasteiger partial charge >= 0.3 is 0 Å². The molecule has 1 aromatic rings. The molecule has 2 atom stereocenters. The van der Waals surface area contributed by atoms with Gasteiger partial charge in [0.15, 0.2) is 0 Å². The Kier molecular flexibility index (Phi) is 2.84. The molecule has 15 heavy (non-hydrogen) atoms. The summed E-state index contributed by atoms with van der Waals surface area (Å²) in [5.41, 5.74) is 0.794. The predicted octanol–water partition coefficient (Wildman–Crippen LogP) is 1.36. The molecule has 0 aromatic carbocycles. The lowest BCUT2D eigenvalue weighted by atomic mass is 9.98. The third kappa shape index (κ3) is 2.43. The van der Waals surface area contributed by atoms with E-state index >= 15 is 0 Å². The van der Waals surface area contributed by atoms with Crippen molar-refractivity contribution in [1.29, 1.82) is 0 Å². The van der Waals surface area contributed by atoms with Crippen molar-refractivity contribution in [2.45, 2.75) is 32.6 Å². The van der Waals surface area contributed by atoms with Crippen molar-refractivity contribution in [1.82, 2.24) is 15.0 Å². The average Bonchev–Trinajstić information content (AvgIpc) is 2.75. The van der Waals surface area contributed by atoms with Gasteiger partial charge in [-0.1, -0.05) is 12.1 Å². The van der Waals surface area contributed by atoms with Gasteiger partial charge in [0.05, 0.1) is 12.1 Å². The minimum Gasteiger partial charge on any atom is -0.299 e. The van der Waals surface area contributed by atoms with Crippen molar-refractivity contribution in [3.05, 3.63) is 11.9 Å². The number of carbonyl (C=O) groups is 1. The molecule has 0 saturated heterocycles. The van der Waals surface area contributed by atoms with Crippen LogP contribution in [0.15, 0.2) is 6.20 Å².